The van der Waals surface area contributed by atoms with Crippen LogP contribution in [0.4, 0.5) is 0 Å². The third kappa shape index (κ3) is 3.61. The highest BCUT2D eigenvalue weighted by atomic mass is 14.9. The molecule has 0 fully saturated rings. The van der Waals surface area contributed by atoms with Crippen molar-refractivity contribution in [1.82, 2.24) is 15.0 Å². The molecule has 3 aromatic rings. The first-order chi connectivity index (χ1) is 9.33. The van der Waals surface area contributed by atoms with E-state index < -0.39 is 0 Å². The van der Waals surface area contributed by atoms with Crippen LogP contribution in [0.15, 0.2) is 48.7 Å². The van der Waals surface area contributed by atoms with Crippen molar-refractivity contribution in [1.29, 1.82) is 0 Å². The van der Waals surface area contributed by atoms with Gasteiger partial charge in [-0.05, 0) is 24.3 Å². The SMILES string of the molecule is NCc1ccccn1.NCc1nc2ccccc2[nH]1. The molecule has 0 radical (unpaired) electrons. The number of hydrogen-bond donors (Lipinski definition) is 3. The average molecular weight is 255 g/mol. The summed E-state index contributed by atoms with van der Waals surface area (Å²) in [6.07, 6.45) is 1.74. The van der Waals surface area contributed by atoms with Gasteiger partial charge in [-0.25, -0.2) is 4.98 Å². The van der Waals surface area contributed by atoms with Gasteiger partial charge in [-0.1, -0.05) is 18.2 Å². The topological polar surface area (TPSA) is 93.6 Å². The number of fused-ring (bicyclic) bond motifs is 1. The van der Waals surface area contributed by atoms with E-state index in [1.54, 1.807) is 6.20 Å². The number of nitrogens with one attached hydrogen (secondary N) is 1. The number of pyridine rings is 1. The van der Waals surface area contributed by atoms with Gasteiger partial charge in [-0.15, -0.1) is 0 Å². The Labute approximate surface area is 111 Å². The molecule has 5 N–H and O–H groups in total. The molecule has 1 aromatic carbocycles. The Bertz CT molecular complexity index is 585. The van der Waals surface area contributed by atoms with E-state index in [1.165, 1.54) is 0 Å². The van der Waals surface area contributed by atoms with Crippen LogP contribution < -0.4 is 11.5 Å². The number of nitrogens with two attached hydrogens (primary N) is 2. The van der Waals surface area contributed by atoms with Crippen LogP contribution in [0.5, 0.6) is 0 Å². The number of H-pyrrole nitrogens is 1. The maximum atomic E-state index is 5.42. The molecule has 0 atom stereocenters. The fourth-order valence-electron chi connectivity index (χ4n) is 1.62. The Morgan fingerprint density at radius 1 is 0.947 bits per heavy atom. The fourth-order valence-corrected chi connectivity index (χ4v) is 1.62. The Kier molecular flexibility index (Phi) is 4.60. The van der Waals surface area contributed by atoms with Gasteiger partial charge in [0, 0.05) is 12.7 Å². The highest BCUT2D eigenvalue weighted by Crippen LogP contribution is 2.09. The van der Waals surface area contributed by atoms with Crippen molar-refractivity contribution in [3.8, 4) is 0 Å². The minimum absolute atomic E-state index is 0.467. The van der Waals surface area contributed by atoms with Gasteiger partial charge in [0.2, 0.25) is 0 Å². The summed E-state index contributed by atoms with van der Waals surface area (Å²) >= 11 is 0. The number of benzene rings is 1. The van der Waals surface area contributed by atoms with Crippen molar-refractivity contribution in [2.75, 3.05) is 0 Å². The summed E-state index contributed by atoms with van der Waals surface area (Å²) in [5.41, 5.74) is 13.7. The second-order valence-electron chi connectivity index (χ2n) is 3.93. The molecule has 19 heavy (non-hydrogen) atoms. The largest absolute Gasteiger partial charge is 0.341 e. The molecule has 0 aliphatic rings. The third-order valence-electron chi connectivity index (χ3n) is 2.57. The first kappa shape index (κ1) is 13.2. The van der Waals surface area contributed by atoms with Crippen LogP contribution in [0.3, 0.4) is 0 Å². The van der Waals surface area contributed by atoms with Gasteiger partial charge in [0.05, 0.1) is 23.3 Å². The molecular formula is C14H17N5. The van der Waals surface area contributed by atoms with E-state index in [2.05, 4.69) is 15.0 Å². The van der Waals surface area contributed by atoms with Crippen LogP contribution in [0.1, 0.15) is 11.5 Å². The quantitative estimate of drug-likeness (QED) is 0.647. The third-order valence-corrected chi connectivity index (χ3v) is 2.57. The van der Waals surface area contributed by atoms with E-state index in [-0.39, 0.29) is 0 Å². The second-order valence-corrected chi connectivity index (χ2v) is 3.93. The molecule has 0 spiro atoms. The molecule has 5 nitrogen and oxygen atoms in total. The van der Waals surface area contributed by atoms with Gasteiger partial charge in [0.25, 0.3) is 0 Å². The average Bonchev–Trinajstić information content (AvgIpc) is 2.92. The van der Waals surface area contributed by atoms with Crippen LogP contribution in [0.2, 0.25) is 0 Å². The highest BCUT2D eigenvalue weighted by molar-refractivity contribution is 5.74. The Hall–Kier alpha value is -2.24. The zero-order valence-corrected chi connectivity index (χ0v) is 10.6. The lowest BCUT2D eigenvalue weighted by molar-refractivity contribution is 0.958. The molecular weight excluding hydrogens is 238 g/mol. The van der Waals surface area contributed by atoms with Crippen LogP contribution in [-0.4, -0.2) is 15.0 Å². The first-order valence-electron chi connectivity index (χ1n) is 6.07. The molecule has 3 rings (SSSR count). The van der Waals surface area contributed by atoms with Crippen LogP contribution in [-0.2, 0) is 13.1 Å². The Balaban J connectivity index is 0.000000148. The molecule has 0 unspecified atom stereocenters. The lowest BCUT2D eigenvalue weighted by Crippen LogP contribution is -1.97. The van der Waals surface area contributed by atoms with Crippen molar-refractivity contribution in [2.24, 2.45) is 11.5 Å². The van der Waals surface area contributed by atoms with E-state index in [0.717, 1.165) is 22.6 Å². The van der Waals surface area contributed by atoms with E-state index in [4.69, 9.17) is 11.5 Å². The molecule has 0 amide bonds. The summed E-state index contributed by atoms with van der Waals surface area (Å²) in [5, 5.41) is 0. The van der Waals surface area contributed by atoms with E-state index in [0.29, 0.717) is 13.1 Å². The van der Waals surface area contributed by atoms with Gasteiger partial charge in [-0.3, -0.25) is 4.98 Å². The summed E-state index contributed by atoms with van der Waals surface area (Å²) in [4.78, 5) is 11.3. The van der Waals surface area contributed by atoms with Crippen molar-refractivity contribution >= 4 is 11.0 Å². The number of nitrogens with zero attached hydrogens (tertiary/aromatic N) is 2. The lowest BCUT2D eigenvalue weighted by Gasteiger charge is -1.89. The lowest BCUT2D eigenvalue weighted by atomic mass is 10.3. The molecule has 0 bridgehead atoms. The fraction of sp³-hybridized carbons (Fsp3) is 0.143. The normalized spacial score (nSPS) is 10.0. The van der Waals surface area contributed by atoms with E-state index in [9.17, 15) is 0 Å². The number of para-hydroxylation sites is 2. The first-order valence-corrected chi connectivity index (χ1v) is 6.07. The van der Waals surface area contributed by atoms with Crippen LogP contribution in [0.25, 0.3) is 11.0 Å². The number of aromatic nitrogens is 3. The summed E-state index contributed by atoms with van der Waals surface area (Å²) in [5.74, 6) is 0.839. The summed E-state index contributed by atoms with van der Waals surface area (Å²) in [7, 11) is 0. The number of aromatic amines is 1. The zero-order chi connectivity index (χ0) is 13.5. The molecule has 0 saturated heterocycles. The molecule has 0 saturated carbocycles. The summed E-state index contributed by atoms with van der Waals surface area (Å²) < 4.78 is 0. The standard InChI is InChI=1S/C8H9N3.C6H8N2/c9-5-8-10-6-3-1-2-4-7(6)11-8;7-5-6-3-1-2-4-8-6/h1-4H,5,9H2,(H,10,11);1-4H,5,7H2. The predicted octanol–water partition coefficient (Wildman–Crippen LogP) is 1.56. The van der Waals surface area contributed by atoms with Gasteiger partial charge in [-0.2, -0.15) is 0 Å². The summed E-state index contributed by atoms with van der Waals surface area (Å²) in [6, 6.07) is 13.6. The van der Waals surface area contributed by atoms with Crippen molar-refractivity contribution < 1.29 is 0 Å². The Morgan fingerprint density at radius 2 is 1.74 bits per heavy atom. The molecule has 0 aliphatic heterocycles. The van der Waals surface area contributed by atoms with Crippen molar-refractivity contribution in [3.63, 3.8) is 0 Å². The number of imidazole rings is 1. The zero-order valence-electron chi connectivity index (χ0n) is 10.6. The van der Waals surface area contributed by atoms with E-state index >= 15 is 0 Å². The minimum atomic E-state index is 0.467. The predicted molar refractivity (Wildman–Crippen MR) is 76.1 cm³/mol. The smallest absolute Gasteiger partial charge is 0.121 e. The summed E-state index contributed by atoms with van der Waals surface area (Å²) in [6.45, 7) is 0.996. The monoisotopic (exact) mass is 255 g/mol. The van der Waals surface area contributed by atoms with Crippen molar-refractivity contribution in [2.45, 2.75) is 13.1 Å². The highest BCUT2D eigenvalue weighted by Gasteiger charge is 1.97. The molecule has 2 aromatic heterocycles. The second kappa shape index (κ2) is 6.63. The molecule has 0 aliphatic carbocycles. The van der Waals surface area contributed by atoms with Crippen molar-refractivity contribution in [3.05, 3.63) is 60.2 Å². The maximum Gasteiger partial charge on any atom is 0.121 e. The number of rotatable bonds is 2. The minimum Gasteiger partial charge on any atom is -0.341 e. The molecule has 2 heterocycles. The Morgan fingerprint density at radius 3 is 2.32 bits per heavy atom. The molecule has 5 heteroatoms. The van der Waals surface area contributed by atoms with Gasteiger partial charge in [0.1, 0.15) is 5.82 Å². The van der Waals surface area contributed by atoms with Crippen LogP contribution in [0, 0.1) is 0 Å². The van der Waals surface area contributed by atoms with Gasteiger partial charge in [0.15, 0.2) is 0 Å². The van der Waals surface area contributed by atoms with Gasteiger partial charge >= 0.3 is 0 Å². The maximum absolute atomic E-state index is 5.42. The van der Waals surface area contributed by atoms with E-state index in [1.807, 2.05) is 42.5 Å². The van der Waals surface area contributed by atoms with Gasteiger partial charge < -0.3 is 16.5 Å². The van der Waals surface area contributed by atoms with Crippen LogP contribution >= 0.6 is 0 Å². The number of hydrogen-bond acceptors (Lipinski definition) is 4. The molecule has 98 valence electrons.